The average molecular weight is 307 g/mol. The first-order valence-corrected chi connectivity index (χ1v) is 7.28. The van der Waals surface area contributed by atoms with Crippen LogP contribution in [0.5, 0.6) is 0 Å². The van der Waals surface area contributed by atoms with Gasteiger partial charge in [-0.15, -0.1) is 0 Å². The van der Waals surface area contributed by atoms with E-state index in [9.17, 15) is 9.50 Å². The number of benzene rings is 1. The Bertz CT molecular complexity index is 605. The highest BCUT2D eigenvalue weighted by molar-refractivity contribution is 5.18. The van der Waals surface area contributed by atoms with E-state index in [0.29, 0.717) is 23.8 Å². The van der Waals surface area contributed by atoms with Gasteiger partial charge in [-0.05, 0) is 24.6 Å². The number of aromatic nitrogens is 2. The number of rotatable bonds is 5. The minimum absolute atomic E-state index is 0.172. The van der Waals surface area contributed by atoms with Crippen LogP contribution in [0, 0.1) is 5.82 Å². The maximum atomic E-state index is 12.9. The molecule has 2 rings (SSSR count). The molecule has 0 fully saturated rings. The third-order valence-corrected chi connectivity index (χ3v) is 3.36. The van der Waals surface area contributed by atoms with Crippen molar-refractivity contribution in [2.24, 2.45) is 0 Å². The van der Waals surface area contributed by atoms with Gasteiger partial charge >= 0.3 is 0 Å². The standard InChI is InChI=1S/C16H22FN3O2/c1-10(14-19-15(20-22-14)16(2,3)4)18-9-13(21)11-5-7-12(17)8-6-11/h5-8,10,13,18,21H,9H2,1-4H3/t10-,13+/m0/s1. The molecule has 0 aliphatic heterocycles. The van der Waals surface area contributed by atoms with Gasteiger partial charge in [-0.2, -0.15) is 4.98 Å². The van der Waals surface area contributed by atoms with Crippen molar-refractivity contribution in [1.29, 1.82) is 0 Å². The van der Waals surface area contributed by atoms with Crippen molar-refractivity contribution in [3.8, 4) is 0 Å². The van der Waals surface area contributed by atoms with Crippen molar-refractivity contribution in [2.75, 3.05) is 6.54 Å². The summed E-state index contributed by atoms with van der Waals surface area (Å²) in [6, 6.07) is 5.61. The van der Waals surface area contributed by atoms with Crippen LogP contribution < -0.4 is 5.32 Å². The second-order valence-electron chi connectivity index (χ2n) is 6.40. The maximum Gasteiger partial charge on any atom is 0.243 e. The molecule has 2 N–H and O–H groups in total. The van der Waals surface area contributed by atoms with Gasteiger partial charge in [0.05, 0.1) is 12.1 Å². The van der Waals surface area contributed by atoms with E-state index in [-0.39, 0.29) is 17.3 Å². The summed E-state index contributed by atoms with van der Waals surface area (Å²) in [4.78, 5) is 4.37. The molecule has 2 atom stereocenters. The zero-order valence-electron chi connectivity index (χ0n) is 13.3. The number of halogens is 1. The van der Waals surface area contributed by atoms with Crippen molar-refractivity contribution >= 4 is 0 Å². The maximum absolute atomic E-state index is 12.9. The van der Waals surface area contributed by atoms with Gasteiger partial charge in [0.2, 0.25) is 5.89 Å². The predicted molar refractivity (Wildman–Crippen MR) is 80.8 cm³/mol. The van der Waals surface area contributed by atoms with Gasteiger partial charge in [-0.1, -0.05) is 38.1 Å². The highest BCUT2D eigenvalue weighted by Gasteiger charge is 2.23. The van der Waals surface area contributed by atoms with Gasteiger partial charge in [0, 0.05) is 12.0 Å². The van der Waals surface area contributed by atoms with Crippen LogP contribution in [-0.4, -0.2) is 21.8 Å². The SMILES string of the molecule is C[C@H](NC[C@@H](O)c1ccc(F)cc1)c1nc(C(C)(C)C)no1. The summed E-state index contributed by atoms with van der Waals surface area (Å²) in [5.74, 6) is 0.810. The summed E-state index contributed by atoms with van der Waals surface area (Å²) in [5, 5.41) is 17.2. The van der Waals surface area contributed by atoms with E-state index in [0.717, 1.165) is 0 Å². The molecule has 0 amide bonds. The summed E-state index contributed by atoms with van der Waals surface area (Å²) in [6.07, 6.45) is -0.729. The molecule has 22 heavy (non-hydrogen) atoms. The number of hydrogen-bond acceptors (Lipinski definition) is 5. The van der Waals surface area contributed by atoms with Crippen molar-refractivity contribution in [3.05, 3.63) is 47.4 Å². The van der Waals surface area contributed by atoms with Crippen LogP contribution in [0.25, 0.3) is 0 Å². The molecule has 2 aromatic rings. The van der Waals surface area contributed by atoms with Gasteiger partial charge in [0.15, 0.2) is 5.82 Å². The minimum atomic E-state index is -0.729. The molecule has 5 nitrogen and oxygen atoms in total. The van der Waals surface area contributed by atoms with Crippen LogP contribution in [0.15, 0.2) is 28.8 Å². The number of aliphatic hydroxyl groups is 1. The van der Waals surface area contributed by atoms with E-state index in [1.54, 1.807) is 12.1 Å². The molecular weight excluding hydrogens is 285 g/mol. The Hall–Kier alpha value is -1.79. The largest absolute Gasteiger partial charge is 0.387 e. The van der Waals surface area contributed by atoms with E-state index < -0.39 is 6.10 Å². The van der Waals surface area contributed by atoms with Crippen molar-refractivity contribution in [2.45, 2.75) is 45.3 Å². The number of hydrogen-bond donors (Lipinski definition) is 2. The van der Waals surface area contributed by atoms with Crippen LogP contribution in [0.3, 0.4) is 0 Å². The van der Waals surface area contributed by atoms with Crippen LogP contribution >= 0.6 is 0 Å². The molecular formula is C16H22FN3O2. The van der Waals surface area contributed by atoms with Gasteiger partial charge in [-0.3, -0.25) is 0 Å². The zero-order valence-corrected chi connectivity index (χ0v) is 13.3. The number of aliphatic hydroxyl groups excluding tert-OH is 1. The monoisotopic (exact) mass is 307 g/mol. The molecule has 120 valence electrons. The fraction of sp³-hybridized carbons (Fsp3) is 0.500. The molecule has 0 spiro atoms. The fourth-order valence-corrected chi connectivity index (χ4v) is 1.89. The normalized spacial score (nSPS) is 14.8. The van der Waals surface area contributed by atoms with Crippen LogP contribution in [0.2, 0.25) is 0 Å². The predicted octanol–water partition coefficient (Wildman–Crippen LogP) is 2.89. The highest BCUT2D eigenvalue weighted by atomic mass is 19.1. The lowest BCUT2D eigenvalue weighted by Crippen LogP contribution is -2.25. The topological polar surface area (TPSA) is 71.2 Å². The molecule has 1 aromatic carbocycles. The Labute approximate surface area is 129 Å². The van der Waals surface area contributed by atoms with E-state index in [4.69, 9.17) is 4.52 Å². The first kappa shape index (κ1) is 16.6. The lowest BCUT2D eigenvalue weighted by Gasteiger charge is -2.15. The van der Waals surface area contributed by atoms with E-state index in [1.807, 2.05) is 27.7 Å². The lowest BCUT2D eigenvalue weighted by atomic mass is 9.96. The van der Waals surface area contributed by atoms with Crippen LogP contribution in [0.4, 0.5) is 4.39 Å². The summed E-state index contributed by atoms with van der Waals surface area (Å²) < 4.78 is 18.1. The van der Waals surface area contributed by atoms with E-state index in [1.165, 1.54) is 12.1 Å². The third kappa shape index (κ3) is 4.11. The first-order valence-electron chi connectivity index (χ1n) is 7.28. The molecule has 0 saturated carbocycles. The summed E-state index contributed by atoms with van der Waals surface area (Å²) in [6.45, 7) is 8.23. The summed E-state index contributed by atoms with van der Waals surface area (Å²) in [7, 11) is 0. The Morgan fingerprint density at radius 1 is 1.27 bits per heavy atom. The van der Waals surface area contributed by atoms with Gasteiger partial charge in [0.25, 0.3) is 0 Å². The molecule has 0 aliphatic rings. The average Bonchev–Trinajstić information content (AvgIpc) is 2.95. The minimum Gasteiger partial charge on any atom is -0.387 e. The highest BCUT2D eigenvalue weighted by Crippen LogP contribution is 2.21. The quantitative estimate of drug-likeness (QED) is 0.888. The fourth-order valence-electron chi connectivity index (χ4n) is 1.89. The molecule has 1 aromatic heterocycles. The molecule has 0 saturated heterocycles. The van der Waals surface area contributed by atoms with Crippen LogP contribution in [0.1, 0.15) is 57.1 Å². The summed E-state index contributed by atoms with van der Waals surface area (Å²) in [5.41, 5.74) is 0.483. The Kier molecular flexibility index (Phi) is 4.93. The van der Waals surface area contributed by atoms with E-state index in [2.05, 4.69) is 15.5 Å². The molecule has 0 unspecified atom stereocenters. The van der Waals surface area contributed by atoms with Gasteiger partial charge in [-0.25, -0.2) is 4.39 Å². The molecule has 0 bridgehead atoms. The molecule has 6 heteroatoms. The summed E-state index contributed by atoms with van der Waals surface area (Å²) >= 11 is 0. The van der Waals surface area contributed by atoms with Gasteiger partial charge in [0.1, 0.15) is 5.82 Å². The number of nitrogens with zero attached hydrogens (tertiary/aromatic N) is 2. The van der Waals surface area contributed by atoms with Crippen molar-refractivity contribution in [1.82, 2.24) is 15.5 Å². The van der Waals surface area contributed by atoms with E-state index >= 15 is 0 Å². The second-order valence-corrected chi connectivity index (χ2v) is 6.40. The Balaban J connectivity index is 1.93. The zero-order chi connectivity index (χ0) is 16.3. The molecule has 1 heterocycles. The second kappa shape index (κ2) is 6.54. The third-order valence-electron chi connectivity index (χ3n) is 3.36. The molecule has 0 aliphatic carbocycles. The molecule has 0 radical (unpaired) electrons. The van der Waals surface area contributed by atoms with Crippen LogP contribution in [-0.2, 0) is 5.41 Å². The number of nitrogens with one attached hydrogen (secondary N) is 1. The van der Waals surface area contributed by atoms with Crippen molar-refractivity contribution < 1.29 is 14.0 Å². The Morgan fingerprint density at radius 2 is 1.91 bits per heavy atom. The Morgan fingerprint density at radius 3 is 2.45 bits per heavy atom. The first-order chi connectivity index (χ1) is 10.3. The smallest absolute Gasteiger partial charge is 0.243 e. The van der Waals surface area contributed by atoms with Crippen molar-refractivity contribution in [3.63, 3.8) is 0 Å². The lowest BCUT2D eigenvalue weighted by molar-refractivity contribution is 0.167. The van der Waals surface area contributed by atoms with Gasteiger partial charge < -0.3 is 14.9 Å².